The number of nitrogens with one attached hydrogen (secondary N) is 1. The summed E-state index contributed by atoms with van der Waals surface area (Å²) in [6.07, 6.45) is 5.34. The second-order valence-electron chi connectivity index (χ2n) is 4.13. The van der Waals surface area contributed by atoms with Crippen LogP contribution >= 0.6 is 0 Å². The predicted molar refractivity (Wildman–Crippen MR) is 49.3 cm³/mol. The Kier molecular flexibility index (Phi) is 2.83. The number of carbonyl (C=O) groups excluding carboxylic acids is 1. The molecule has 13 heavy (non-hydrogen) atoms. The third-order valence-corrected chi connectivity index (χ3v) is 2.97. The third kappa shape index (κ3) is 2.44. The van der Waals surface area contributed by atoms with Gasteiger partial charge in [-0.05, 0) is 31.6 Å². The number of hydrogen-bond acceptors (Lipinski definition) is 2. The molecule has 1 saturated carbocycles. The minimum Gasteiger partial charge on any atom is -0.381 e. The lowest BCUT2D eigenvalue weighted by molar-refractivity contribution is -0.123. The molecule has 1 aliphatic carbocycles. The van der Waals surface area contributed by atoms with E-state index in [0.29, 0.717) is 18.4 Å². The average molecular weight is 183 g/mol. The molecule has 1 aliphatic heterocycles. The molecule has 0 aromatic rings. The fraction of sp³-hybridized carbons (Fsp3) is 0.900. The van der Waals surface area contributed by atoms with Gasteiger partial charge in [0.1, 0.15) is 0 Å². The Morgan fingerprint density at radius 1 is 1.38 bits per heavy atom. The topological polar surface area (TPSA) is 38.3 Å². The molecule has 74 valence electrons. The first-order chi connectivity index (χ1) is 6.34. The highest BCUT2D eigenvalue weighted by Crippen LogP contribution is 2.20. The molecule has 0 radical (unpaired) electrons. The fourth-order valence-corrected chi connectivity index (χ4v) is 1.85. The molecule has 1 amide bonds. The SMILES string of the molecule is O=C(C[C@H]1CCOC1)NC1CCC1. The zero-order valence-electron chi connectivity index (χ0n) is 7.92. The van der Waals surface area contributed by atoms with Crippen LogP contribution in [0.25, 0.3) is 0 Å². The van der Waals surface area contributed by atoms with Crippen molar-refractivity contribution in [3.05, 3.63) is 0 Å². The fourth-order valence-electron chi connectivity index (χ4n) is 1.85. The Morgan fingerprint density at radius 2 is 2.23 bits per heavy atom. The molecule has 1 saturated heterocycles. The van der Waals surface area contributed by atoms with Gasteiger partial charge in [0.15, 0.2) is 0 Å². The first-order valence-corrected chi connectivity index (χ1v) is 5.21. The number of amides is 1. The Hall–Kier alpha value is -0.570. The maximum atomic E-state index is 11.4. The lowest BCUT2D eigenvalue weighted by Crippen LogP contribution is -2.40. The first kappa shape index (κ1) is 9.00. The molecule has 3 heteroatoms. The Labute approximate surface area is 78.8 Å². The van der Waals surface area contributed by atoms with E-state index >= 15 is 0 Å². The monoisotopic (exact) mass is 183 g/mol. The van der Waals surface area contributed by atoms with Gasteiger partial charge in [-0.2, -0.15) is 0 Å². The normalized spacial score (nSPS) is 28.5. The van der Waals surface area contributed by atoms with Crippen molar-refractivity contribution >= 4 is 5.91 Å². The van der Waals surface area contributed by atoms with Crippen LogP contribution in [0.3, 0.4) is 0 Å². The van der Waals surface area contributed by atoms with Crippen LogP contribution in [0.2, 0.25) is 0 Å². The first-order valence-electron chi connectivity index (χ1n) is 5.21. The number of rotatable bonds is 3. The van der Waals surface area contributed by atoms with Crippen LogP contribution in [0, 0.1) is 5.92 Å². The van der Waals surface area contributed by atoms with Crippen LogP contribution in [0.5, 0.6) is 0 Å². The minimum absolute atomic E-state index is 0.222. The van der Waals surface area contributed by atoms with Crippen molar-refractivity contribution in [1.29, 1.82) is 0 Å². The van der Waals surface area contributed by atoms with Crippen LogP contribution < -0.4 is 5.32 Å². The van der Waals surface area contributed by atoms with Gasteiger partial charge >= 0.3 is 0 Å². The molecule has 0 aromatic heterocycles. The van der Waals surface area contributed by atoms with Gasteiger partial charge in [-0.15, -0.1) is 0 Å². The van der Waals surface area contributed by atoms with Crippen molar-refractivity contribution in [1.82, 2.24) is 5.32 Å². The van der Waals surface area contributed by atoms with Gasteiger partial charge in [-0.1, -0.05) is 0 Å². The van der Waals surface area contributed by atoms with Crippen LogP contribution in [-0.2, 0) is 9.53 Å². The van der Waals surface area contributed by atoms with Gasteiger partial charge in [0.2, 0.25) is 5.91 Å². The van der Waals surface area contributed by atoms with Gasteiger partial charge in [-0.25, -0.2) is 0 Å². The van der Waals surface area contributed by atoms with Crippen molar-refractivity contribution in [3.8, 4) is 0 Å². The van der Waals surface area contributed by atoms with Gasteiger partial charge in [0.25, 0.3) is 0 Å². The molecule has 2 fully saturated rings. The summed E-state index contributed by atoms with van der Waals surface area (Å²) in [7, 11) is 0. The van der Waals surface area contributed by atoms with Gasteiger partial charge in [-0.3, -0.25) is 4.79 Å². The highest BCUT2D eigenvalue weighted by atomic mass is 16.5. The summed E-state index contributed by atoms with van der Waals surface area (Å²) in [4.78, 5) is 11.4. The van der Waals surface area contributed by atoms with Crippen molar-refractivity contribution in [2.24, 2.45) is 5.92 Å². The van der Waals surface area contributed by atoms with E-state index in [1.54, 1.807) is 0 Å². The highest BCUT2D eigenvalue weighted by molar-refractivity contribution is 5.76. The van der Waals surface area contributed by atoms with E-state index in [1.807, 2.05) is 0 Å². The summed E-state index contributed by atoms with van der Waals surface area (Å²) in [5.74, 6) is 0.695. The second kappa shape index (κ2) is 4.09. The van der Waals surface area contributed by atoms with Gasteiger partial charge in [0, 0.05) is 25.7 Å². The second-order valence-corrected chi connectivity index (χ2v) is 4.13. The standard InChI is InChI=1S/C10H17NO2/c12-10(11-9-2-1-3-9)6-8-4-5-13-7-8/h8-9H,1-7H2,(H,11,12)/t8-/m1/s1. The molecule has 0 unspecified atom stereocenters. The maximum absolute atomic E-state index is 11.4. The Balaban J connectivity index is 1.64. The zero-order chi connectivity index (χ0) is 9.10. The largest absolute Gasteiger partial charge is 0.381 e. The van der Waals surface area contributed by atoms with Crippen LogP contribution in [0.1, 0.15) is 32.1 Å². The lowest BCUT2D eigenvalue weighted by Gasteiger charge is -2.26. The number of ether oxygens (including phenoxy) is 1. The van der Waals surface area contributed by atoms with E-state index < -0.39 is 0 Å². The van der Waals surface area contributed by atoms with Crippen LogP contribution in [0.15, 0.2) is 0 Å². The molecule has 1 atom stereocenters. The highest BCUT2D eigenvalue weighted by Gasteiger charge is 2.23. The van der Waals surface area contributed by atoms with Gasteiger partial charge < -0.3 is 10.1 Å². The molecule has 2 aliphatic rings. The smallest absolute Gasteiger partial charge is 0.220 e. The number of carbonyl (C=O) groups is 1. The zero-order valence-corrected chi connectivity index (χ0v) is 7.92. The van der Waals surface area contributed by atoms with Crippen LogP contribution in [0.4, 0.5) is 0 Å². The van der Waals surface area contributed by atoms with E-state index in [0.717, 1.165) is 19.6 Å². The van der Waals surface area contributed by atoms with E-state index in [-0.39, 0.29) is 5.91 Å². The van der Waals surface area contributed by atoms with Crippen molar-refractivity contribution < 1.29 is 9.53 Å². The molecular weight excluding hydrogens is 166 g/mol. The molecule has 0 bridgehead atoms. The molecule has 0 aromatic carbocycles. The Morgan fingerprint density at radius 3 is 2.77 bits per heavy atom. The maximum Gasteiger partial charge on any atom is 0.220 e. The molecule has 1 heterocycles. The third-order valence-electron chi connectivity index (χ3n) is 2.97. The summed E-state index contributed by atoms with van der Waals surface area (Å²) < 4.78 is 5.22. The molecule has 1 N–H and O–H groups in total. The Bertz CT molecular complexity index is 183. The van der Waals surface area contributed by atoms with Crippen molar-refractivity contribution in [2.75, 3.05) is 13.2 Å². The summed E-state index contributed by atoms with van der Waals surface area (Å²) in [5.41, 5.74) is 0. The quantitative estimate of drug-likeness (QED) is 0.711. The summed E-state index contributed by atoms with van der Waals surface area (Å²) in [5, 5.41) is 3.05. The van der Waals surface area contributed by atoms with Crippen molar-refractivity contribution in [3.63, 3.8) is 0 Å². The summed E-state index contributed by atoms with van der Waals surface area (Å²) in [6.45, 7) is 1.61. The van der Waals surface area contributed by atoms with Crippen molar-refractivity contribution in [2.45, 2.75) is 38.1 Å². The molecule has 2 rings (SSSR count). The number of hydrogen-bond donors (Lipinski definition) is 1. The van der Waals surface area contributed by atoms with E-state index in [1.165, 1.54) is 19.3 Å². The molecule has 3 nitrogen and oxygen atoms in total. The summed E-state index contributed by atoms with van der Waals surface area (Å²) >= 11 is 0. The van der Waals surface area contributed by atoms with E-state index in [4.69, 9.17) is 4.74 Å². The van der Waals surface area contributed by atoms with E-state index in [9.17, 15) is 4.79 Å². The lowest BCUT2D eigenvalue weighted by atomic mass is 9.92. The molecule has 0 spiro atoms. The molecular formula is C10H17NO2. The average Bonchev–Trinajstić information content (AvgIpc) is 2.49. The summed E-state index contributed by atoms with van der Waals surface area (Å²) in [6, 6.07) is 0.481. The van der Waals surface area contributed by atoms with Crippen LogP contribution in [-0.4, -0.2) is 25.2 Å². The predicted octanol–water partition coefficient (Wildman–Crippen LogP) is 1.08. The van der Waals surface area contributed by atoms with Gasteiger partial charge in [0.05, 0.1) is 0 Å². The minimum atomic E-state index is 0.222. The van der Waals surface area contributed by atoms with E-state index in [2.05, 4.69) is 5.32 Å².